The molecular formula is C14H20N4O. The van der Waals surface area contributed by atoms with Crippen molar-refractivity contribution in [1.82, 2.24) is 9.88 Å². The summed E-state index contributed by atoms with van der Waals surface area (Å²) in [4.78, 5) is 6.79. The molecule has 5 heteroatoms. The highest BCUT2D eigenvalue weighted by atomic mass is 16.5. The number of aromatic nitrogens is 1. The first-order valence-electron chi connectivity index (χ1n) is 6.75. The summed E-state index contributed by atoms with van der Waals surface area (Å²) >= 11 is 0. The van der Waals surface area contributed by atoms with Crippen molar-refractivity contribution in [2.75, 3.05) is 31.6 Å². The lowest BCUT2D eigenvalue weighted by Gasteiger charge is -2.29. The van der Waals surface area contributed by atoms with Gasteiger partial charge in [-0.2, -0.15) is 5.26 Å². The summed E-state index contributed by atoms with van der Waals surface area (Å²) in [7, 11) is 0. The van der Waals surface area contributed by atoms with Crippen LogP contribution in [0.15, 0.2) is 18.2 Å². The van der Waals surface area contributed by atoms with E-state index in [0.29, 0.717) is 13.2 Å². The van der Waals surface area contributed by atoms with Crippen LogP contribution in [0.25, 0.3) is 0 Å². The van der Waals surface area contributed by atoms with Crippen LogP contribution in [0.5, 0.6) is 0 Å². The summed E-state index contributed by atoms with van der Waals surface area (Å²) < 4.78 is 5.34. The van der Waals surface area contributed by atoms with Gasteiger partial charge in [-0.05, 0) is 18.6 Å². The number of morpholine rings is 1. The molecule has 0 spiro atoms. The number of pyridine rings is 1. The lowest BCUT2D eigenvalue weighted by Crippen LogP contribution is -2.41. The molecule has 1 unspecified atom stereocenters. The molecule has 1 aliphatic heterocycles. The van der Waals surface area contributed by atoms with Crippen molar-refractivity contribution in [1.29, 1.82) is 5.26 Å². The predicted octanol–water partition coefficient (Wildman–Crippen LogP) is 1.63. The Labute approximate surface area is 114 Å². The number of nitriles is 1. The van der Waals surface area contributed by atoms with Gasteiger partial charge in [0.2, 0.25) is 0 Å². The number of hydrogen-bond donors (Lipinski definition) is 1. The Hall–Kier alpha value is -1.64. The Balaban J connectivity index is 1.93. The average molecular weight is 260 g/mol. The van der Waals surface area contributed by atoms with Crippen LogP contribution in [0.2, 0.25) is 0 Å². The van der Waals surface area contributed by atoms with E-state index in [2.05, 4.69) is 28.2 Å². The van der Waals surface area contributed by atoms with Gasteiger partial charge in [0.1, 0.15) is 5.82 Å². The van der Waals surface area contributed by atoms with Gasteiger partial charge in [-0.3, -0.25) is 4.90 Å². The third kappa shape index (κ3) is 4.19. The maximum Gasteiger partial charge on any atom is 0.156 e. The van der Waals surface area contributed by atoms with E-state index in [0.717, 1.165) is 37.6 Å². The minimum Gasteiger partial charge on any atom is -0.370 e. The molecule has 0 amide bonds. The molecular weight excluding hydrogens is 240 g/mol. The first-order valence-corrected chi connectivity index (χ1v) is 6.75. The van der Waals surface area contributed by atoms with Crippen LogP contribution < -0.4 is 5.32 Å². The van der Waals surface area contributed by atoms with Gasteiger partial charge in [-0.25, -0.2) is 4.98 Å². The first kappa shape index (κ1) is 13.8. The number of nitrogens with one attached hydrogen (secondary N) is 1. The number of nitrogens with zero attached hydrogens (tertiary/aromatic N) is 3. The monoisotopic (exact) mass is 260 g/mol. The van der Waals surface area contributed by atoms with Crippen molar-refractivity contribution in [3.8, 4) is 6.07 Å². The van der Waals surface area contributed by atoms with Crippen LogP contribution in [0, 0.1) is 11.3 Å². The highest BCUT2D eigenvalue weighted by Gasteiger charge is 2.20. The van der Waals surface area contributed by atoms with Crippen LogP contribution in [-0.2, 0) is 11.3 Å². The molecule has 1 aromatic rings. The fourth-order valence-electron chi connectivity index (χ4n) is 2.07. The summed E-state index contributed by atoms with van der Waals surface area (Å²) in [5.41, 5.74) is 1.03. The second-order valence-electron chi connectivity index (χ2n) is 4.66. The van der Waals surface area contributed by atoms with E-state index >= 15 is 0 Å². The molecule has 0 saturated carbocycles. The van der Waals surface area contributed by atoms with Crippen molar-refractivity contribution in [2.45, 2.75) is 26.0 Å². The summed E-state index contributed by atoms with van der Waals surface area (Å²) in [6.45, 7) is 5.96. The van der Waals surface area contributed by atoms with E-state index in [-0.39, 0.29) is 6.10 Å². The quantitative estimate of drug-likeness (QED) is 0.872. The van der Waals surface area contributed by atoms with Gasteiger partial charge in [0.15, 0.2) is 6.10 Å². The van der Waals surface area contributed by atoms with Crippen LogP contribution >= 0.6 is 0 Å². The Bertz CT molecular complexity index is 443. The molecule has 1 saturated heterocycles. The molecule has 1 N–H and O–H groups in total. The molecule has 0 aromatic carbocycles. The number of anilines is 1. The molecule has 1 atom stereocenters. The maximum absolute atomic E-state index is 8.89. The highest BCUT2D eigenvalue weighted by Crippen LogP contribution is 2.11. The summed E-state index contributed by atoms with van der Waals surface area (Å²) in [5.74, 6) is 0.921. The molecule has 2 heterocycles. The third-order valence-corrected chi connectivity index (χ3v) is 3.04. The SMILES string of the molecule is CCCNc1cccc(CN2CCOC(C#N)C2)n1. The summed E-state index contributed by atoms with van der Waals surface area (Å²) in [6.07, 6.45) is 0.773. The fourth-order valence-corrected chi connectivity index (χ4v) is 2.07. The van der Waals surface area contributed by atoms with E-state index in [4.69, 9.17) is 10.00 Å². The zero-order chi connectivity index (χ0) is 13.5. The van der Waals surface area contributed by atoms with Crippen LogP contribution in [0.3, 0.4) is 0 Å². The number of rotatable bonds is 5. The topological polar surface area (TPSA) is 61.2 Å². The highest BCUT2D eigenvalue weighted by molar-refractivity contribution is 5.35. The Morgan fingerprint density at radius 1 is 1.58 bits per heavy atom. The van der Waals surface area contributed by atoms with Crippen LogP contribution in [-0.4, -0.2) is 42.2 Å². The lowest BCUT2D eigenvalue weighted by molar-refractivity contribution is -0.00310. The van der Waals surface area contributed by atoms with Crippen molar-refractivity contribution < 1.29 is 4.74 Å². The smallest absolute Gasteiger partial charge is 0.156 e. The lowest BCUT2D eigenvalue weighted by atomic mass is 10.2. The van der Waals surface area contributed by atoms with Crippen molar-refractivity contribution in [3.63, 3.8) is 0 Å². The molecule has 1 aromatic heterocycles. The Kier molecular flexibility index (Phi) is 5.13. The van der Waals surface area contributed by atoms with Crippen LogP contribution in [0.4, 0.5) is 5.82 Å². The van der Waals surface area contributed by atoms with E-state index in [1.807, 2.05) is 18.2 Å². The molecule has 0 radical (unpaired) electrons. The van der Waals surface area contributed by atoms with Gasteiger partial charge >= 0.3 is 0 Å². The van der Waals surface area contributed by atoms with Gasteiger partial charge in [0.05, 0.1) is 18.4 Å². The zero-order valence-electron chi connectivity index (χ0n) is 11.3. The third-order valence-electron chi connectivity index (χ3n) is 3.04. The second-order valence-corrected chi connectivity index (χ2v) is 4.66. The van der Waals surface area contributed by atoms with Gasteiger partial charge in [0, 0.05) is 26.2 Å². The molecule has 1 aliphatic rings. The van der Waals surface area contributed by atoms with E-state index in [1.54, 1.807) is 0 Å². The number of ether oxygens (including phenoxy) is 1. The van der Waals surface area contributed by atoms with E-state index in [1.165, 1.54) is 0 Å². The summed E-state index contributed by atoms with van der Waals surface area (Å²) in [5, 5.41) is 12.2. The van der Waals surface area contributed by atoms with Gasteiger partial charge < -0.3 is 10.1 Å². The minimum absolute atomic E-state index is 0.310. The normalized spacial score (nSPS) is 19.9. The molecule has 0 bridgehead atoms. The van der Waals surface area contributed by atoms with E-state index < -0.39 is 0 Å². The minimum atomic E-state index is -0.310. The second kappa shape index (κ2) is 7.07. The van der Waals surface area contributed by atoms with Crippen molar-refractivity contribution in [2.24, 2.45) is 0 Å². The maximum atomic E-state index is 8.89. The molecule has 1 fully saturated rings. The molecule has 19 heavy (non-hydrogen) atoms. The zero-order valence-corrected chi connectivity index (χ0v) is 11.3. The largest absolute Gasteiger partial charge is 0.370 e. The fraction of sp³-hybridized carbons (Fsp3) is 0.571. The molecule has 102 valence electrons. The van der Waals surface area contributed by atoms with Crippen molar-refractivity contribution in [3.05, 3.63) is 23.9 Å². The van der Waals surface area contributed by atoms with E-state index in [9.17, 15) is 0 Å². The predicted molar refractivity (Wildman–Crippen MR) is 73.6 cm³/mol. The summed E-state index contributed by atoms with van der Waals surface area (Å²) in [6, 6.07) is 8.18. The molecule has 5 nitrogen and oxygen atoms in total. The van der Waals surface area contributed by atoms with Gasteiger partial charge in [-0.15, -0.1) is 0 Å². The van der Waals surface area contributed by atoms with Crippen LogP contribution in [0.1, 0.15) is 19.0 Å². The Morgan fingerprint density at radius 2 is 2.47 bits per heavy atom. The number of hydrogen-bond acceptors (Lipinski definition) is 5. The standard InChI is InChI=1S/C14H20N4O/c1-2-6-16-14-5-3-4-12(17-14)10-18-7-8-19-13(9-15)11-18/h3-5,13H,2,6-8,10-11H2,1H3,(H,16,17). The van der Waals surface area contributed by atoms with Gasteiger partial charge in [-0.1, -0.05) is 13.0 Å². The van der Waals surface area contributed by atoms with Crippen molar-refractivity contribution >= 4 is 5.82 Å². The molecule has 0 aliphatic carbocycles. The first-order chi connectivity index (χ1) is 9.31. The van der Waals surface area contributed by atoms with Gasteiger partial charge in [0.25, 0.3) is 0 Å². The Morgan fingerprint density at radius 3 is 3.26 bits per heavy atom. The average Bonchev–Trinajstić information content (AvgIpc) is 2.46. The molecule has 2 rings (SSSR count).